The summed E-state index contributed by atoms with van der Waals surface area (Å²) >= 11 is 0. The number of unbranched alkanes of at least 4 members (excludes halogenated alkanes) is 30. The summed E-state index contributed by atoms with van der Waals surface area (Å²) in [6.07, 6.45) is 89.7. The van der Waals surface area contributed by atoms with Crippen LogP contribution in [0.3, 0.4) is 0 Å². The molecule has 0 aliphatic rings. The van der Waals surface area contributed by atoms with Gasteiger partial charge in [0.2, 0.25) is 0 Å². The first-order valence-corrected chi connectivity index (χ1v) is 32.9. The van der Waals surface area contributed by atoms with E-state index in [0.717, 1.165) is 103 Å². The topological polar surface area (TPSA) is 78.9 Å². The van der Waals surface area contributed by atoms with Gasteiger partial charge in [-0.25, -0.2) is 0 Å². The standard InChI is InChI=1S/C72H122O6/c1-4-7-10-13-16-19-22-24-26-28-30-32-33-34-35-36-37-38-39-41-42-44-46-48-50-53-56-59-62-65-71(74)77-68-69(67-76-70(73)64-61-58-55-52-21-18-15-12-9-6-3)78-72(75)66-63-60-57-54-51-49-47-45-43-40-31-29-27-25-23-20-17-14-11-8-5-2/h7,10,16,19,24,26,30,32,34-35,37-38,41-42,46,48,53,56,69H,4-6,8-9,11-15,17-18,20-23,25,27-29,31,33,36,39-40,43-45,47,49-52,54-55,57-68H2,1-3H3/b10-7-,19-16-,26-24-,32-30-,35-34-,38-37-,42-41-,48-46-,56-53-. The van der Waals surface area contributed by atoms with Gasteiger partial charge in [-0.05, 0) is 83.5 Å². The quantitative estimate of drug-likeness (QED) is 0.0261. The summed E-state index contributed by atoms with van der Waals surface area (Å²) in [6, 6.07) is 0. The third-order valence-corrected chi connectivity index (χ3v) is 14.0. The van der Waals surface area contributed by atoms with Crippen LogP contribution in [0.1, 0.15) is 310 Å². The highest BCUT2D eigenvalue weighted by Gasteiger charge is 2.19. The summed E-state index contributed by atoms with van der Waals surface area (Å²) < 4.78 is 16.9. The summed E-state index contributed by atoms with van der Waals surface area (Å²) in [5.41, 5.74) is 0. The lowest BCUT2D eigenvalue weighted by atomic mass is 10.0. The van der Waals surface area contributed by atoms with Crippen LogP contribution >= 0.6 is 0 Å². The lowest BCUT2D eigenvalue weighted by Crippen LogP contribution is -2.30. The molecule has 0 heterocycles. The van der Waals surface area contributed by atoms with Crippen molar-refractivity contribution >= 4 is 17.9 Å². The summed E-state index contributed by atoms with van der Waals surface area (Å²) in [7, 11) is 0. The molecule has 0 bridgehead atoms. The SMILES string of the molecule is CC/C=C\C/C=C\C/C=C\C/C=C\C/C=C\C/C=C\C/C=C\C/C=C\C/C=C\CCCC(=O)OCC(COC(=O)CCCCCCCCCCCC)OC(=O)CCCCCCCCCCCCCCCCCCCCCCC. The molecule has 0 amide bonds. The van der Waals surface area contributed by atoms with E-state index in [2.05, 4.69) is 130 Å². The highest BCUT2D eigenvalue weighted by molar-refractivity contribution is 5.71. The van der Waals surface area contributed by atoms with Gasteiger partial charge in [0, 0.05) is 19.3 Å². The maximum absolute atomic E-state index is 12.9. The minimum absolute atomic E-state index is 0.0928. The molecule has 0 N–H and O–H groups in total. The zero-order chi connectivity index (χ0) is 56.4. The van der Waals surface area contributed by atoms with Crippen molar-refractivity contribution in [3.05, 3.63) is 109 Å². The van der Waals surface area contributed by atoms with Crippen molar-refractivity contribution in [3.8, 4) is 0 Å². The van der Waals surface area contributed by atoms with Gasteiger partial charge in [0.1, 0.15) is 13.2 Å². The van der Waals surface area contributed by atoms with Gasteiger partial charge in [0.15, 0.2) is 6.10 Å². The maximum Gasteiger partial charge on any atom is 0.306 e. The molecule has 1 unspecified atom stereocenters. The molecule has 6 nitrogen and oxygen atoms in total. The minimum Gasteiger partial charge on any atom is -0.462 e. The number of esters is 3. The fraction of sp³-hybridized carbons (Fsp3) is 0.708. The van der Waals surface area contributed by atoms with E-state index in [1.54, 1.807) is 0 Å². The molecule has 6 heteroatoms. The van der Waals surface area contributed by atoms with Crippen LogP contribution in [-0.2, 0) is 28.6 Å². The lowest BCUT2D eigenvalue weighted by Gasteiger charge is -2.18. The minimum atomic E-state index is -0.800. The Morgan fingerprint density at radius 1 is 0.269 bits per heavy atom. The van der Waals surface area contributed by atoms with Crippen molar-refractivity contribution in [2.75, 3.05) is 13.2 Å². The van der Waals surface area contributed by atoms with E-state index in [1.807, 2.05) is 0 Å². The lowest BCUT2D eigenvalue weighted by molar-refractivity contribution is -0.167. The number of hydrogen-bond donors (Lipinski definition) is 0. The summed E-state index contributed by atoms with van der Waals surface area (Å²) in [6.45, 7) is 6.50. The average Bonchev–Trinajstić information content (AvgIpc) is 3.44. The Balaban J connectivity index is 4.34. The van der Waals surface area contributed by atoms with Crippen LogP contribution in [0.15, 0.2) is 109 Å². The van der Waals surface area contributed by atoms with Gasteiger partial charge in [-0.3, -0.25) is 14.4 Å². The van der Waals surface area contributed by atoms with Crippen LogP contribution in [-0.4, -0.2) is 37.2 Å². The third-order valence-electron chi connectivity index (χ3n) is 14.0. The van der Waals surface area contributed by atoms with Gasteiger partial charge in [-0.15, -0.1) is 0 Å². The molecular weight excluding hydrogens is 961 g/mol. The van der Waals surface area contributed by atoms with Crippen LogP contribution in [0.2, 0.25) is 0 Å². The van der Waals surface area contributed by atoms with E-state index in [4.69, 9.17) is 14.2 Å². The number of carbonyl (C=O) groups excluding carboxylic acids is 3. The molecule has 0 radical (unpaired) electrons. The number of hydrogen-bond acceptors (Lipinski definition) is 6. The molecule has 0 aliphatic carbocycles. The van der Waals surface area contributed by atoms with Gasteiger partial charge in [-0.1, -0.05) is 316 Å². The second-order valence-corrected chi connectivity index (χ2v) is 21.7. The third kappa shape index (κ3) is 62.9. The Hall–Kier alpha value is -3.93. The Labute approximate surface area is 482 Å². The van der Waals surface area contributed by atoms with Crippen molar-refractivity contribution in [1.82, 2.24) is 0 Å². The highest BCUT2D eigenvalue weighted by atomic mass is 16.6. The van der Waals surface area contributed by atoms with Crippen LogP contribution < -0.4 is 0 Å². The molecule has 0 fully saturated rings. The second-order valence-electron chi connectivity index (χ2n) is 21.7. The summed E-state index contributed by atoms with van der Waals surface area (Å²) in [5.74, 6) is -0.946. The highest BCUT2D eigenvalue weighted by Crippen LogP contribution is 2.17. The number of ether oxygens (including phenoxy) is 3. The van der Waals surface area contributed by atoms with Gasteiger partial charge in [0.05, 0.1) is 0 Å². The molecule has 1 atom stereocenters. The molecule has 0 spiro atoms. The summed E-state index contributed by atoms with van der Waals surface area (Å²) in [4.78, 5) is 38.2. The van der Waals surface area contributed by atoms with E-state index < -0.39 is 6.10 Å². The zero-order valence-corrected chi connectivity index (χ0v) is 51.2. The van der Waals surface area contributed by atoms with E-state index in [1.165, 1.54) is 161 Å². The van der Waals surface area contributed by atoms with Crippen molar-refractivity contribution in [1.29, 1.82) is 0 Å². The first-order valence-electron chi connectivity index (χ1n) is 32.9. The Kier molecular flexibility index (Phi) is 62.3. The number of allylic oxidation sites excluding steroid dienone is 18. The molecular formula is C72H122O6. The summed E-state index contributed by atoms with van der Waals surface area (Å²) in [5, 5.41) is 0. The molecule has 78 heavy (non-hydrogen) atoms. The largest absolute Gasteiger partial charge is 0.462 e. The van der Waals surface area contributed by atoms with Gasteiger partial charge in [0.25, 0.3) is 0 Å². The molecule has 0 aromatic heterocycles. The van der Waals surface area contributed by atoms with Crippen LogP contribution in [0.5, 0.6) is 0 Å². The van der Waals surface area contributed by atoms with Gasteiger partial charge >= 0.3 is 17.9 Å². The monoisotopic (exact) mass is 1080 g/mol. The second kappa shape index (κ2) is 65.6. The predicted octanol–water partition coefficient (Wildman–Crippen LogP) is 22.6. The van der Waals surface area contributed by atoms with E-state index in [9.17, 15) is 14.4 Å². The first-order chi connectivity index (χ1) is 38.5. The Bertz CT molecular complexity index is 1570. The maximum atomic E-state index is 12.9. The molecule has 0 aromatic rings. The normalized spacial score (nSPS) is 12.8. The van der Waals surface area contributed by atoms with Crippen molar-refractivity contribution in [2.45, 2.75) is 316 Å². The Morgan fingerprint density at radius 2 is 0.500 bits per heavy atom. The number of carbonyl (C=O) groups is 3. The fourth-order valence-corrected chi connectivity index (χ4v) is 9.15. The Morgan fingerprint density at radius 3 is 0.782 bits per heavy atom. The van der Waals surface area contributed by atoms with Crippen molar-refractivity contribution in [2.24, 2.45) is 0 Å². The molecule has 0 aromatic carbocycles. The predicted molar refractivity (Wildman–Crippen MR) is 339 cm³/mol. The van der Waals surface area contributed by atoms with E-state index in [0.29, 0.717) is 19.3 Å². The van der Waals surface area contributed by atoms with E-state index in [-0.39, 0.29) is 37.5 Å². The molecule has 0 saturated heterocycles. The van der Waals surface area contributed by atoms with Crippen molar-refractivity contribution in [3.63, 3.8) is 0 Å². The van der Waals surface area contributed by atoms with Crippen molar-refractivity contribution < 1.29 is 28.6 Å². The number of rotatable bonds is 59. The molecule has 0 saturated carbocycles. The molecule has 446 valence electrons. The molecule has 0 rings (SSSR count). The average molecular weight is 1080 g/mol. The van der Waals surface area contributed by atoms with Gasteiger partial charge in [-0.2, -0.15) is 0 Å². The smallest absolute Gasteiger partial charge is 0.306 e. The van der Waals surface area contributed by atoms with Crippen LogP contribution in [0.25, 0.3) is 0 Å². The molecule has 0 aliphatic heterocycles. The fourth-order valence-electron chi connectivity index (χ4n) is 9.15. The van der Waals surface area contributed by atoms with Gasteiger partial charge < -0.3 is 14.2 Å². The first kappa shape index (κ1) is 74.1. The zero-order valence-electron chi connectivity index (χ0n) is 51.2. The van der Waals surface area contributed by atoms with Crippen LogP contribution in [0, 0.1) is 0 Å². The van der Waals surface area contributed by atoms with E-state index >= 15 is 0 Å². The van der Waals surface area contributed by atoms with Crippen LogP contribution in [0.4, 0.5) is 0 Å².